The number of nitrogens with one attached hydrogen (secondary N) is 1. The molecular formula is C21H28N4O2S2. The summed E-state index contributed by atoms with van der Waals surface area (Å²) in [7, 11) is 0. The van der Waals surface area contributed by atoms with Crippen molar-refractivity contribution < 1.29 is 9.59 Å². The van der Waals surface area contributed by atoms with E-state index < -0.39 is 0 Å². The summed E-state index contributed by atoms with van der Waals surface area (Å²) < 4.78 is 0. The summed E-state index contributed by atoms with van der Waals surface area (Å²) in [4.78, 5) is 34.2. The van der Waals surface area contributed by atoms with E-state index in [0.29, 0.717) is 25.2 Å². The average molecular weight is 433 g/mol. The lowest BCUT2D eigenvalue weighted by Gasteiger charge is -2.34. The predicted octanol–water partition coefficient (Wildman–Crippen LogP) is 3.03. The lowest BCUT2D eigenvalue weighted by atomic mass is 10.2. The molecule has 0 bridgehead atoms. The van der Waals surface area contributed by atoms with Gasteiger partial charge in [0.2, 0.25) is 5.91 Å². The quantitative estimate of drug-likeness (QED) is 0.650. The van der Waals surface area contributed by atoms with Gasteiger partial charge in [0.05, 0.1) is 17.2 Å². The van der Waals surface area contributed by atoms with E-state index in [4.69, 9.17) is 0 Å². The van der Waals surface area contributed by atoms with E-state index in [9.17, 15) is 9.59 Å². The molecule has 1 aromatic carbocycles. The largest absolute Gasteiger partial charge is 0.355 e. The molecule has 6 nitrogen and oxygen atoms in total. The Balaban J connectivity index is 1.45. The van der Waals surface area contributed by atoms with Gasteiger partial charge in [0.15, 0.2) is 0 Å². The summed E-state index contributed by atoms with van der Waals surface area (Å²) in [6.07, 6.45) is 0.940. The maximum Gasteiger partial charge on any atom is 0.253 e. The molecule has 1 fully saturated rings. The summed E-state index contributed by atoms with van der Waals surface area (Å²) in [5.41, 5.74) is 1.81. The van der Waals surface area contributed by atoms with Gasteiger partial charge in [-0.25, -0.2) is 4.98 Å². The van der Waals surface area contributed by atoms with Crippen LogP contribution in [-0.4, -0.2) is 65.9 Å². The van der Waals surface area contributed by atoms with Gasteiger partial charge < -0.3 is 10.2 Å². The fraction of sp³-hybridized carbons (Fsp3) is 0.476. The van der Waals surface area contributed by atoms with E-state index >= 15 is 0 Å². The Morgan fingerprint density at radius 2 is 1.90 bits per heavy atom. The van der Waals surface area contributed by atoms with Gasteiger partial charge in [-0.15, -0.1) is 23.1 Å². The van der Waals surface area contributed by atoms with Crippen LogP contribution < -0.4 is 5.32 Å². The summed E-state index contributed by atoms with van der Waals surface area (Å²) in [5.74, 6) is 0.963. The number of thiazole rings is 1. The minimum Gasteiger partial charge on any atom is -0.355 e. The van der Waals surface area contributed by atoms with Crippen molar-refractivity contribution in [2.75, 3.05) is 39.3 Å². The molecule has 3 rings (SSSR count). The minimum absolute atomic E-state index is 0.0618. The monoisotopic (exact) mass is 432 g/mol. The van der Waals surface area contributed by atoms with Crippen molar-refractivity contribution in [3.63, 3.8) is 0 Å². The van der Waals surface area contributed by atoms with E-state index in [0.717, 1.165) is 47.4 Å². The first-order valence-electron chi connectivity index (χ1n) is 9.97. The smallest absolute Gasteiger partial charge is 0.253 e. The molecule has 0 aliphatic carbocycles. The maximum atomic E-state index is 12.8. The minimum atomic E-state index is 0.0618. The van der Waals surface area contributed by atoms with Crippen molar-refractivity contribution >= 4 is 34.9 Å². The van der Waals surface area contributed by atoms with Crippen LogP contribution in [0.1, 0.15) is 34.4 Å². The number of thioether (sulfide) groups is 1. The zero-order valence-electron chi connectivity index (χ0n) is 17.0. The van der Waals surface area contributed by atoms with Crippen LogP contribution in [0.4, 0.5) is 0 Å². The number of hydrogen-bond donors (Lipinski definition) is 1. The topological polar surface area (TPSA) is 65.5 Å². The molecule has 0 radical (unpaired) electrons. The van der Waals surface area contributed by atoms with Crippen molar-refractivity contribution in [3.8, 4) is 0 Å². The van der Waals surface area contributed by atoms with E-state index in [-0.39, 0.29) is 11.8 Å². The van der Waals surface area contributed by atoms with Crippen LogP contribution in [0.5, 0.6) is 0 Å². The number of carbonyl (C=O) groups is 2. The molecule has 8 heteroatoms. The van der Waals surface area contributed by atoms with Crippen LogP contribution in [0.15, 0.2) is 34.5 Å². The molecule has 2 heterocycles. The van der Waals surface area contributed by atoms with Gasteiger partial charge in [0, 0.05) is 54.3 Å². The van der Waals surface area contributed by atoms with Gasteiger partial charge in [-0.05, 0) is 37.6 Å². The molecule has 0 saturated carbocycles. The number of aromatic nitrogens is 1. The van der Waals surface area contributed by atoms with E-state index in [2.05, 4.69) is 20.6 Å². The molecule has 1 saturated heterocycles. The second-order valence-electron chi connectivity index (χ2n) is 7.09. The zero-order valence-corrected chi connectivity index (χ0v) is 18.7. The summed E-state index contributed by atoms with van der Waals surface area (Å²) in [5, 5.41) is 6.08. The highest BCUT2D eigenvalue weighted by molar-refractivity contribution is 7.98. The van der Waals surface area contributed by atoms with Crippen molar-refractivity contribution in [3.05, 3.63) is 45.9 Å². The molecule has 156 valence electrons. The fourth-order valence-electron chi connectivity index (χ4n) is 3.14. The van der Waals surface area contributed by atoms with Gasteiger partial charge in [-0.3, -0.25) is 14.5 Å². The van der Waals surface area contributed by atoms with Crippen molar-refractivity contribution in [1.82, 2.24) is 20.1 Å². The Morgan fingerprint density at radius 3 is 2.52 bits per heavy atom. The second kappa shape index (κ2) is 10.8. The number of hydrogen-bond acceptors (Lipinski definition) is 6. The third-order valence-electron chi connectivity index (χ3n) is 4.75. The Morgan fingerprint density at radius 1 is 1.17 bits per heavy atom. The number of rotatable bonds is 8. The number of aryl methyl sites for hydroxylation is 1. The lowest BCUT2D eigenvalue weighted by molar-refractivity contribution is -0.122. The highest BCUT2D eigenvalue weighted by Crippen LogP contribution is 2.24. The number of amides is 2. The van der Waals surface area contributed by atoms with Crippen LogP contribution in [0, 0.1) is 6.92 Å². The highest BCUT2D eigenvalue weighted by atomic mass is 32.2. The molecule has 0 spiro atoms. The zero-order chi connectivity index (χ0) is 20.6. The van der Waals surface area contributed by atoms with Gasteiger partial charge >= 0.3 is 0 Å². The summed E-state index contributed by atoms with van der Waals surface area (Å²) >= 11 is 3.40. The first-order chi connectivity index (χ1) is 14.0. The van der Waals surface area contributed by atoms with Gasteiger partial charge in [-0.2, -0.15) is 0 Å². The van der Waals surface area contributed by atoms with E-state index in [1.54, 1.807) is 23.1 Å². The molecule has 1 aromatic heterocycles. The molecule has 0 atom stereocenters. The standard InChI is InChI=1S/C21H28N4O2S2/c1-3-8-22-20(26)13-24-9-11-25(12-10-24)21(27)17-4-6-19(7-5-17)29-15-18-14-28-16(2)23-18/h4-7,14H,3,8-13,15H2,1-2H3,(H,22,26). The number of carbonyl (C=O) groups excluding carboxylic acids is 2. The van der Waals surface area contributed by atoms with Crippen LogP contribution in [-0.2, 0) is 10.5 Å². The van der Waals surface area contributed by atoms with Crippen LogP contribution >= 0.6 is 23.1 Å². The predicted molar refractivity (Wildman–Crippen MR) is 118 cm³/mol. The van der Waals surface area contributed by atoms with Crippen molar-refractivity contribution in [2.45, 2.75) is 30.9 Å². The van der Waals surface area contributed by atoms with Gasteiger partial charge in [0.1, 0.15) is 0 Å². The molecule has 1 N–H and O–H groups in total. The van der Waals surface area contributed by atoms with Crippen molar-refractivity contribution in [2.24, 2.45) is 0 Å². The van der Waals surface area contributed by atoms with Crippen LogP contribution in [0.3, 0.4) is 0 Å². The third kappa shape index (κ3) is 6.55. The van der Waals surface area contributed by atoms with Crippen LogP contribution in [0.2, 0.25) is 0 Å². The molecule has 1 aliphatic heterocycles. The molecule has 1 aliphatic rings. The lowest BCUT2D eigenvalue weighted by Crippen LogP contribution is -2.51. The average Bonchev–Trinajstić information content (AvgIpc) is 3.16. The van der Waals surface area contributed by atoms with E-state index in [1.807, 2.05) is 43.0 Å². The SMILES string of the molecule is CCCNC(=O)CN1CCN(C(=O)c2ccc(SCc3csc(C)n3)cc2)CC1. The van der Waals surface area contributed by atoms with E-state index in [1.165, 1.54) is 0 Å². The van der Waals surface area contributed by atoms with Crippen molar-refractivity contribution in [1.29, 1.82) is 0 Å². The van der Waals surface area contributed by atoms with Crippen LogP contribution in [0.25, 0.3) is 0 Å². The summed E-state index contributed by atoms with van der Waals surface area (Å²) in [6.45, 7) is 7.94. The van der Waals surface area contributed by atoms with Gasteiger partial charge in [0.25, 0.3) is 5.91 Å². The normalized spacial score (nSPS) is 14.8. The number of benzene rings is 1. The Bertz CT molecular complexity index is 814. The molecule has 2 amide bonds. The Hall–Kier alpha value is -1.90. The van der Waals surface area contributed by atoms with Gasteiger partial charge in [-0.1, -0.05) is 6.92 Å². The fourth-order valence-corrected chi connectivity index (χ4v) is 4.65. The Kier molecular flexibility index (Phi) is 8.09. The first kappa shape index (κ1) is 21.8. The number of nitrogens with zero attached hydrogens (tertiary/aromatic N) is 3. The molecule has 0 unspecified atom stereocenters. The number of piperazine rings is 1. The first-order valence-corrected chi connectivity index (χ1v) is 11.8. The summed E-state index contributed by atoms with van der Waals surface area (Å²) in [6, 6.07) is 7.82. The molecular weight excluding hydrogens is 404 g/mol. The molecule has 2 aromatic rings. The molecule has 29 heavy (non-hydrogen) atoms. The third-order valence-corrected chi connectivity index (χ3v) is 6.62. The Labute approximate surface area is 180 Å². The maximum absolute atomic E-state index is 12.8. The highest BCUT2D eigenvalue weighted by Gasteiger charge is 2.23. The second-order valence-corrected chi connectivity index (χ2v) is 9.20.